The first kappa shape index (κ1) is 21.9. The molecule has 0 aromatic heterocycles. The Balaban J connectivity index is 2.02. The Bertz CT molecular complexity index is 730. The summed E-state index contributed by atoms with van der Waals surface area (Å²) in [4.78, 5) is 37.8. The van der Waals surface area contributed by atoms with Gasteiger partial charge in [-0.15, -0.1) is 0 Å². The zero-order valence-electron chi connectivity index (χ0n) is 17.6. The molecule has 2 amide bonds. The summed E-state index contributed by atoms with van der Waals surface area (Å²) in [6, 6.07) is 7.42. The lowest BCUT2D eigenvalue weighted by atomic mass is 9.82. The lowest BCUT2D eigenvalue weighted by Gasteiger charge is -2.29. The standard InChI is InChI=1S/C22H32N2O4/c1-15-10-6-7-11-17(15)23-19(26)16(2)28-20(27)22(12-8-9-13-22)14-18(25)24-21(3,4)5/h6-7,10-11,16H,8-9,12-14H2,1-5H3,(H,23,26)(H,24,25). The third-order valence-corrected chi connectivity index (χ3v) is 5.06. The predicted molar refractivity (Wildman–Crippen MR) is 109 cm³/mol. The van der Waals surface area contributed by atoms with Crippen molar-refractivity contribution in [3.05, 3.63) is 29.8 Å². The quantitative estimate of drug-likeness (QED) is 0.727. The van der Waals surface area contributed by atoms with Crippen LogP contribution in [0.4, 0.5) is 5.69 Å². The van der Waals surface area contributed by atoms with Gasteiger partial charge in [-0.3, -0.25) is 14.4 Å². The Kier molecular flexibility index (Phi) is 6.86. The molecule has 0 heterocycles. The van der Waals surface area contributed by atoms with Crippen molar-refractivity contribution in [2.75, 3.05) is 5.32 Å². The van der Waals surface area contributed by atoms with Gasteiger partial charge in [0, 0.05) is 17.6 Å². The van der Waals surface area contributed by atoms with Crippen molar-refractivity contribution in [2.24, 2.45) is 5.41 Å². The van der Waals surface area contributed by atoms with E-state index >= 15 is 0 Å². The lowest BCUT2D eigenvalue weighted by molar-refractivity contribution is -0.165. The minimum absolute atomic E-state index is 0.0925. The van der Waals surface area contributed by atoms with E-state index in [2.05, 4.69) is 10.6 Å². The Morgan fingerprint density at radius 1 is 1.14 bits per heavy atom. The van der Waals surface area contributed by atoms with Crippen LogP contribution < -0.4 is 10.6 Å². The number of amides is 2. The molecule has 1 unspecified atom stereocenters. The summed E-state index contributed by atoms with van der Waals surface area (Å²) in [6.45, 7) is 9.17. The maximum Gasteiger partial charge on any atom is 0.313 e. The van der Waals surface area contributed by atoms with Gasteiger partial charge in [0.25, 0.3) is 5.91 Å². The second-order valence-electron chi connectivity index (χ2n) is 8.81. The molecule has 0 bridgehead atoms. The third-order valence-electron chi connectivity index (χ3n) is 5.06. The zero-order valence-corrected chi connectivity index (χ0v) is 17.6. The number of hydrogen-bond donors (Lipinski definition) is 2. The maximum atomic E-state index is 12.9. The number of esters is 1. The Morgan fingerprint density at radius 3 is 2.32 bits per heavy atom. The first-order chi connectivity index (χ1) is 13.0. The average Bonchev–Trinajstić information content (AvgIpc) is 3.04. The van der Waals surface area contributed by atoms with Gasteiger partial charge in [-0.2, -0.15) is 0 Å². The second kappa shape index (κ2) is 8.76. The van der Waals surface area contributed by atoms with Crippen LogP contribution in [0.1, 0.15) is 65.4 Å². The summed E-state index contributed by atoms with van der Waals surface area (Å²) >= 11 is 0. The molecule has 0 spiro atoms. The van der Waals surface area contributed by atoms with E-state index in [1.807, 2.05) is 45.9 Å². The van der Waals surface area contributed by atoms with Crippen LogP contribution in [0.2, 0.25) is 0 Å². The monoisotopic (exact) mass is 388 g/mol. The van der Waals surface area contributed by atoms with E-state index in [4.69, 9.17) is 4.74 Å². The number of rotatable bonds is 6. The minimum atomic E-state index is -0.935. The maximum absolute atomic E-state index is 12.9. The van der Waals surface area contributed by atoms with Crippen LogP contribution in [0.3, 0.4) is 0 Å². The molecule has 0 radical (unpaired) electrons. The van der Waals surface area contributed by atoms with E-state index < -0.39 is 17.5 Å². The topological polar surface area (TPSA) is 84.5 Å². The SMILES string of the molecule is Cc1ccccc1NC(=O)C(C)OC(=O)C1(CC(=O)NC(C)(C)C)CCCC1. The highest BCUT2D eigenvalue weighted by Gasteiger charge is 2.45. The first-order valence-electron chi connectivity index (χ1n) is 9.91. The minimum Gasteiger partial charge on any atom is -0.452 e. The molecule has 1 saturated carbocycles. The summed E-state index contributed by atoms with van der Waals surface area (Å²) in [5.41, 5.74) is 0.421. The molecule has 154 valence electrons. The molecule has 2 rings (SSSR count). The third kappa shape index (κ3) is 5.81. The molecule has 1 aromatic rings. The van der Waals surface area contributed by atoms with Gasteiger partial charge in [-0.05, 0) is 59.1 Å². The number of ether oxygens (including phenoxy) is 1. The molecule has 1 atom stereocenters. The number of para-hydroxylation sites is 1. The fourth-order valence-electron chi connectivity index (χ4n) is 3.56. The molecule has 0 saturated heterocycles. The van der Waals surface area contributed by atoms with Crippen LogP contribution in [0.5, 0.6) is 0 Å². The number of benzene rings is 1. The summed E-state index contributed by atoms with van der Waals surface area (Å²) < 4.78 is 5.51. The largest absolute Gasteiger partial charge is 0.452 e. The van der Waals surface area contributed by atoms with Crippen LogP contribution >= 0.6 is 0 Å². The van der Waals surface area contributed by atoms with Crippen molar-refractivity contribution in [2.45, 2.75) is 78.4 Å². The van der Waals surface area contributed by atoms with Gasteiger partial charge in [0.1, 0.15) is 0 Å². The lowest BCUT2D eigenvalue weighted by Crippen LogP contribution is -2.45. The average molecular weight is 389 g/mol. The molecule has 1 aliphatic carbocycles. The smallest absolute Gasteiger partial charge is 0.313 e. The highest BCUT2D eigenvalue weighted by atomic mass is 16.5. The van der Waals surface area contributed by atoms with E-state index in [0.717, 1.165) is 18.4 Å². The van der Waals surface area contributed by atoms with E-state index in [9.17, 15) is 14.4 Å². The molecule has 6 heteroatoms. The Hall–Kier alpha value is -2.37. The van der Waals surface area contributed by atoms with Gasteiger partial charge in [0.05, 0.1) is 5.41 Å². The highest BCUT2D eigenvalue weighted by molar-refractivity contribution is 5.96. The molecular formula is C22H32N2O4. The van der Waals surface area contributed by atoms with Crippen LogP contribution in [0.15, 0.2) is 24.3 Å². The zero-order chi connectivity index (χ0) is 20.9. The van der Waals surface area contributed by atoms with Crippen LogP contribution in [0, 0.1) is 12.3 Å². The summed E-state index contributed by atoms with van der Waals surface area (Å²) in [5, 5.41) is 5.71. The van der Waals surface area contributed by atoms with E-state index in [-0.39, 0.29) is 23.8 Å². The number of nitrogens with one attached hydrogen (secondary N) is 2. The molecular weight excluding hydrogens is 356 g/mol. The number of aryl methyl sites for hydroxylation is 1. The molecule has 28 heavy (non-hydrogen) atoms. The Morgan fingerprint density at radius 2 is 1.75 bits per heavy atom. The molecule has 1 aliphatic rings. The van der Waals surface area contributed by atoms with Gasteiger partial charge in [-0.1, -0.05) is 31.0 Å². The van der Waals surface area contributed by atoms with Gasteiger partial charge in [0.2, 0.25) is 5.91 Å². The van der Waals surface area contributed by atoms with Gasteiger partial charge in [0.15, 0.2) is 6.10 Å². The predicted octanol–water partition coefficient (Wildman–Crippen LogP) is 3.73. The number of hydrogen-bond acceptors (Lipinski definition) is 4. The normalized spacial score (nSPS) is 16.9. The van der Waals surface area contributed by atoms with Crippen molar-refractivity contribution in [1.29, 1.82) is 0 Å². The van der Waals surface area contributed by atoms with Crippen LogP contribution in [-0.2, 0) is 19.1 Å². The van der Waals surface area contributed by atoms with Gasteiger partial charge in [-0.25, -0.2) is 0 Å². The second-order valence-corrected chi connectivity index (χ2v) is 8.81. The van der Waals surface area contributed by atoms with Crippen molar-refractivity contribution >= 4 is 23.5 Å². The Labute approximate surface area is 167 Å². The van der Waals surface area contributed by atoms with E-state index in [0.29, 0.717) is 18.5 Å². The van der Waals surface area contributed by atoms with Gasteiger partial charge >= 0.3 is 5.97 Å². The van der Waals surface area contributed by atoms with Crippen molar-refractivity contribution < 1.29 is 19.1 Å². The van der Waals surface area contributed by atoms with Crippen LogP contribution in [0.25, 0.3) is 0 Å². The van der Waals surface area contributed by atoms with Crippen LogP contribution in [-0.4, -0.2) is 29.4 Å². The van der Waals surface area contributed by atoms with E-state index in [1.165, 1.54) is 0 Å². The van der Waals surface area contributed by atoms with Gasteiger partial charge < -0.3 is 15.4 Å². The molecule has 2 N–H and O–H groups in total. The van der Waals surface area contributed by atoms with Crippen molar-refractivity contribution in [1.82, 2.24) is 5.32 Å². The molecule has 6 nitrogen and oxygen atoms in total. The number of anilines is 1. The number of carbonyl (C=O) groups is 3. The fraction of sp³-hybridized carbons (Fsp3) is 0.591. The fourth-order valence-corrected chi connectivity index (χ4v) is 3.56. The molecule has 1 fully saturated rings. The summed E-state index contributed by atoms with van der Waals surface area (Å²) in [5.74, 6) is -1.00. The summed E-state index contributed by atoms with van der Waals surface area (Å²) in [7, 11) is 0. The first-order valence-corrected chi connectivity index (χ1v) is 9.91. The highest BCUT2D eigenvalue weighted by Crippen LogP contribution is 2.42. The van der Waals surface area contributed by atoms with E-state index in [1.54, 1.807) is 13.0 Å². The van der Waals surface area contributed by atoms with Crippen molar-refractivity contribution in [3.63, 3.8) is 0 Å². The molecule has 0 aliphatic heterocycles. The van der Waals surface area contributed by atoms with Crippen molar-refractivity contribution in [3.8, 4) is 0 Å². The number of carbonyl (C=O) groups excluding carboxylic acids is 3. The summed E-state index contributed by atoms with van der Waals surface area (Å²) in [6.07, 6.45) is 2.12. The molecule has 1 aromatic carbocycles.